The molecule has 0 saturated carbocycles. The molecule has 0 radical (unpaired) electrons. The lowest BCUT2D eigenvalue weighted by atomic mass is 10.0. The molecule has 7 nitrogen and oxygen atoms in total. The third-order valence-electron chi connectivity index (χ3n) is 3.78. The Morgan fingerprint density at radius 3 is 2.62 bits per heavy atom. The van der Waals surface area contributed by atoms with Crippen LogP contribution in [0.3, 0.4) is 0 Å². The maximum atomic E-state index is 11.9. The highest BCUT2D eigenvalue weighted by atomic mass is 16.6. The molecular weight excluding hydrogens is 310 g/mol. The second kappa shape index (κ2) is 7.61. The van der Waals surface area contributed by atoms with Crippen molar-refractivity contribution in [3.05, 3.63) is 39.9 Å². The number of nitro groups is 1. The standard InChI is InChI=1S/C17H25N3O4/c1-17(2,3)24-16(21)18-14-5-4-10-19(12-14)11-13-6-8-15(9-7-13)20(22)23/h6-9,14H,4-5,10-12H2,1-3H3,(H,18,21)/t14-/m0/s1. The van der Waals surface area contributed by atoms with Crippen LogP contribution in [0.4, 0.5) is 10.5 Å². The highest BCUT2D eigenvalue weighted by molar-refractivity contribution is 5.68. The molecule has 1 aromatic carbocycles. The Morgan fingerprint density at radius 2 is 2.04 bits per heavy atom. The van der Waals surface area contributed by atoms with Crippen LogP contribution >= 0.6 is 0 Å². The highest BCUT2D eigenvalue weighted by Crippen LogP contribution is 2.17. The van der Waals surface area contributed by atoms with E-state index in [4.69, 9.17) is 4.74 Å². The van der Waals surface area contributed by atoms with Gasteiger partial charge in [-0.25, -0.2) is 4.79 Å². The van der Waals surface area contributed by atoms with Crippen molar-refractivity contribution < 1.29 is 14.5 Å². The number of hydrogen-bond acceptors (Lipinski definition) is 5. The van der Waals surface area contributed by atoms with Gasteiger partial charge in [0.2, 0.25) is 0 Å². The van der Waals surface area contributed by atoms with E-state index in [1.54, 1.807) is 12.1 Å². The second-order valence-electron chi connectivity index (χ2n) is 7.14. The average Bonchev–Trinajstić information content (AvgIpc) is 2.46. The molecule has 0 bridgehead atoms. The molecule has 1 aliphatic rings. The predicted molar refractivity (Wildman–Crippen MR) is 90.8 cm³/mol. The number of ether oxygens (including phenoxy) is 1. The first-order chi connectivity index (χ1) is 11.2. The van der Waals surface area contributed by atoms with Gasteiger partial charge in [-0.2, -0.15) is 0 Å². The molecule has 2 rings (SSSR count). The van der Waals surface area contributed by atoms with Crippen LogP contribution in [0, 0.1) is 10.1 Å². The third-order valence-corrected chi connectivity index (χ3v) is 3.78. The first-order valence-corrected chi connectivity index (χ1v) is 8.18. The number of non-ortho nitro benzene ring substituents is 1. The van der Waals surface area contributed by atoms with Gasteiger partial charge in [0, 0.05) is 31.3 Å². The molecule has 0 unspecified atom stereocenters. The Hall–Kier alpha value is -2.15. The Bertz CT molecular complexity index is 580. The second-order valence-corrected chi connectivity index (χ2v) is 7.14. The van der Waals surface area contributed by atoms with Gasteiger partial charge in [-0.1, -0.05) is 12.1 Å². The Kier molecular flexibility index (Phi) is 5.77. The van der Waals surface area contributed by atoms with Crippen molar-refractivity contribution in [1.29, 1.82) is 0 Å². The van der Waals surface area contributed by atoms with Gasteiger partial charge in [0.1, 0.15) is 5.60 Å². The van der Waals surface area contributed by atoms with Gasteiger partial charge in [0.05, 0.1) is 4.92 Å². The summed E-state index contributed by atoms with van der Waals surface area (Å²) in [6, 6.07) is 6.67. The minimum Gasteiger partial charge on any atom is -0.444 e. The lowest BCUT2D eigenvalue weighted by Crippen LogP contribution is -2.48. The van der Waals surface area contributed by atoms with Gasteiger partial charge in [-0.3, -0.25) is 15.0 Å². The first kappa shape index (κ1) is 18.2. The molecular formula is C17H25N3O4. The quantitative estimate of drug-likeness (QED) is 0.675. The van der Waals surface area contributed by atoms with E-state index in [2.05, 4.69) is 10.2 Å². The van der Waals surface area contributed by atoms with E-state index in [9.17, 15) is 14.9 Å². The van der Waals surface area contributed by atoms with E-state index in [0.29, 0.717) is 6.54 Å². The normalized spacial score (nSPS) is 18.9. The van der Waals surface area contributed by atoms with Gasteiger partial charge in [0.25, 0.3) is 5.69 Å². The lowest BCUT2D eigenvalue weighted by molar-refractivity contribution is -0.384. The van der Waals surface area contributed by atoms with E-state index in [0.717, 1.165) is 31.5 Å². The van der Waals surface area contributed by atoms with Crippen LogP contribution in [-0.2, 0) is 11.3 Å². The summed E-state index contributed by atoms with van der Waals surface area (Å²) in [6.45, 7) is 7.93. The van der Waals surface area contributed by atoms with Crippen molar-refractivity contribution >= 4 is 11.8 Å². The smallest absolute Gasteiger partial charge is 0.407 e. The summed E-state index contributed by atoms with van der Waals surface area (Å²) < 4.78 is 5.30. The molecule has 1 saturated heterocycles. The van der Waals surface area contributed by atoms with Crippen molar-refractivity contribution in [2.24, 2.45) is 0 Å². The predicted octanol–water partition coefficient (Wildman–Crippen LogP) is 3.08. The fourth-order valence-electron chi connectivity index (χ4n) is 2.77. The molecule has 0 aromatic heterocycles. The van der Waals surface area contributed by atoms with Crippen molar-refractivity contribution in [3.8, 4) is 0 Å². The highest BCUT2D eigenvalue weighted by Gasteiger charge is 2.24. The van der Waals surface area contributed by atoms with Crippen LogP contribution in [-0.4, -0.2) is 40.6 Å². The summed E-state index contributed by atoms with van der Waals surface area (Å²) in [7, 11) is 0. The monoisotopic (exact) mass is 335 g/mol. The van der Waals surface area contributed by atoms with E-state index in [-0.39, 0.29) is 17.8 Å². The Labute approximate surface area is 142 Å². The number of piperidine rings is 1. The lowest BCUT2D eigenvalue weighted by Gasteiger charge is -2.33. The van der Waals surface area contributed by atoms with Gasteiger partial charge in [-0.05, 0) is 45.7 Å². The molecule has 1 fully saturated rings. The number of amides is 1. The van der Waals surface area contributed by atoms with Gasteiger partial charge < -0.3 is 10.1 Å². The van der Waals surface area contributed by atoms with E-state index in [1.807, 2.05) is 20.8 Å². The minimum absolute atomic E-state index is 0.0617. The van der Waals surface area contributed by atoms with Crippen LogP contribution < -0.4 is 5.32 Å². The largest absolute Gasteiger partial charge is 0.444 e. The van der Waals surface area contributed by atoms with Gasteiger partial charge in [0.15, 0.2) is 0 Å². The van der Waals surface area contributed by atoms with Crippen LogP contribution in [0.15, 0.2) is 24.3 Å². The Balaban J connectivity index is 1.86. The fraction of sp³-hybridized carbons (Fsp3) is 0.588. The zero-order valence-electron chi connectivity index (χ0n) is 14.4. The number of benzene rings is 1. The van der Waals surface area contributed by atoms with Crippen molar-refractivity contribution in [3.63, 3.8) is 0 Å². The minimum atomic E-state index is -0.503. The number of hydrogen-bond donors (Lipinski definition) is 1. The number of nitrogens with one attached hydrogen (secondary N) is 1. The van der Waals surface area contributed by atoms with E-state index in [1.165, 1.54) is 12.1 Å². The van der Waals surface area contributed by atoms with E-state index >= 15 is 0 Å². The SMILES string of the molecule is CC(C)(C)OC(=O)N[C@H]1CCCN(Cc2ccc([N+](=O)[O-])cc2)C1. The molecule has 0 aliphatic carbocycles. The van der Waals surface area contributed by atoms with Crippen molar-refractivity contribution in [2.45, 2.75) is 51.8 Å². The molecule has 1 aromatic rings. The summed E-state index contributed by atoms with van der Waals surface area (Å²) >= 11 is 0. The zero-order chi connectivity index (χ0) is 17.7. The van der Waals surface area contributed by atoms with Gasteiger partial charge >= 0.3 is 6.09 Å². The third kappa shape index (κ3) is 5.81. The molecule has 24 heavy (non-hydrogen) atoms. The maximum absolute atomic E-state index is 11.9. The van der Waals surface area contributed by atoms with Crippen LogP contribution in [0.1, 0.15) is 39.2 Å². The fourth-order valence-corrected chi connectivity index (χ4v) is 2.77. The number of likely N-dealkylation sites (tertiary alicyclic amines) is 1. The molecule has 1 N–H and O–H groups in total. The number of nitrogens with zero attached hydrogens (tertiary/aromatic N) is 2. The number of alkyl carbamates (subject to hydrolysis) is 1. The molecule has 1 heterocycles. The summed E-state index contributed by atoms with van der Waals surface area (Å²) in [4.78, 5) is 24.4. The summed E-state index contributed by atoms with van der Waals surface area (Å²) in [5, 5.41) is 13.6. The zero-order valence-corrected chi connectivity index (χ0v) is 14.4. The number of carbonyl (C=O) groups excluding carboxylic acids is 1. The summed E-state index contributed by atoms with van der Waals surface area (Å²) in [5.74, 6) is 0. The Morgan fingerprint density at radius 1 is 1.38 bits per heavy atom. The maximum Gasteiger partial charge on any atom is 0.407 e. The van der Waals surface area contributed by atoms with Crippen molar-refractivity contribution in [1.82, 2.24) is 10.2 Å². The molecule has 1 aliphatic heterocycles. The number of nitro benzene ring substituents is 1. The van der Waals surface area contributed by atoms with Gasteiger partial charge in [-0.15, -0.1) is 0 Å². The molecule has 1 amide bonds. The first-order valence-electron chi connectivity index (χ1n) is 8.18. The number of rotatable bonds is 4. The topological polar surface area (TPSA) is 84.7 Å². The summed E-state index contributed by atoms with van der Waals surface area (Å²) in [5.41, 5.74) is 0.623. The van der Waals surface area contributed by atoms with E-state index < -0.39 is 10.5 Å². The van der Waals surface area contributed by atoms with Crippen LogP contribution in [0.2, 0.25) is 0 Å². The molecule has 1 atom stereocenters. The molecule has 0 spiro atoms. The molecule has 7 heteroatoms. The molecule has 132 valence electrons. The van der Waals surface area contributed by atoms with Crippen LogP contribution in [0.5, 0.6) is 0 Å². The summed E-state index contributed by atoms with van der Waals surface area (Å²) in [6.07, 6.45) is 1.54. The average molecular weight is 335 g/mol. The van der Waals surface area contributed by atoms with Crippen molar-refractivity contribution in [2.75, 3.05) is 13.1 Å². The van der Waals surface area contributed by atoms with Crippen LogP contribution in [0.25, 0.3) is 0 Å². The number of carbonyl (C=O) groups is 1.